The molecule has 1 aromatic rings. The van der Waals surface area contributed by atoms with Crippen molar-refractivity contribution in [1.82, 2.24) is 14.7 Å². The molecule has 2 unspecified atom stereocenters. The second-order valence-corrected chi connectivity index (χ2v) is 9.93. The summed E-state index contributed by atoms with van der Waals surface area (Å²) in [6.45, 7) is 4.75. The molecular weight excluding hydrogens is 366 g/mol. The van der Waals surface area contributed by atoms with E-state index in [2.05, 4.69) is 10.4 Å². The van der Waals surface area contributed by atoms with Crippen LogP contribution in [0.2, 0.25) is 0 Å². The zero-order chi connectivity index (χ0) is 19.1. The van der Waals surface area contributed by atoms with Crippen LogP contribution in [0.5, 0.6) is 0 Å². The van der Waals surface area contributed by atoms with Gasteiger partial charge in [-0.2, -0.15) is 5.10 Å². The number of hydrogen-bond donors (Lipinski definition) is 1. The zero-order valence-corrected chi connectivity index (χ0v) is 15.7. The molecule has 146 valence electrons. The van der Waals surface area contributed by atoms with Crippen molar-refractivity contribution in [2.75, 3.05) is 18.4 Å². The third kappa shape index (κ3) is 3.70. The number of rotatable bonds is 4. The molecule has 3 rings (SSSR count). The molecule has 2 aliphatic heterocycles. The number of likely N-dealkylation sites (tertiary alicyclic amines) is 1. The monoisotopic (exact) mass is 390 g/mol. The summed E-state index contributed by atoms with van der Waals surface area (Å²) in [5.74, 6) is 0.218. The van der Waals surface area contributed by atoms with E-state index in [4.69, 9.17) is 0 Å². The molecule has 0 radical (unpaired) electrons. The second kappa shape index (κ2) is 7.13. The Morgan fingerprint density at radius 1 is 1.31 bits per heavy atom. The highest BCUT2D eigenvalue weighted by Crippen LogP contribution is 2.33. The van der Waals surface area contributed by atoms with Crippen molar-refractivity contribution in [1.29, 1.82) is 0 Å². The lowest BCUT2D eigenvalue weighted by Crippen LogP contribution is -2.40. The van der Waals surface area contributed by atoms with E-state index in [-0.39, 0.29) is 18.2 Å². The van der Waals surface area contributed by atoms with Crippen molar-refractivity contribution < 1.29 is 22.0 Å². The Hall–Kier alpha value is -1.71. The molecule has 2 aliphatic rings. The summed E-state index contributed by atoms with van der Waals surface area (Å²) >= 11 is 0. The molecule has 2 bridgehead atoms. The average Bonchev–Trinajstić information content (AvgIpc) is 2.96. The fourth-order valence-electron chi connectivity index (χ4n) is 3.65. The third-order valence-corrected chi connectivity index (χ3v) is 7.68. The van der Waals surface area contributed by atoms with Gasteiger partial charge in [0.2, 0.25) is 0 Å². The number of sulfone groups is 1. The maximum atomic E-state index is 13.2. The number of nitrogens with zero attached hydrogens (tertiary/aromatic N) is 3. The Bertz CT molecular complexity index is 778. The zero-order valence-electron chi connectivity index (χ0n) is 14.9. The van der Waals surface area contributed by atoms with E-state index in [0.717, 1.165) is 0 Å². The van der Waals surface area contributed by atoms with E-state index in [1.807, 2.05) is 13.8 Å². The van der Waals surface area contributed by atoms with Gasteiger partial charge >= 0.3 is 6.03 Å². The lowest BCUT2D eigenvalue weighted by Gasteiger charge is -2.24. The molecule has 2 atom stereocenters. The van der Waals surface area contributed by atoms with Gasteiger partial charge in [-0.25, -0.2) is 22.0 Å². The first kappa shape index (κ1) is 19.1. The normalized spacial score (nSPS) is 24.9. The molecule has 0 aromatic carbocycles. The fourth-order valence-corrected chi connectivity index (χ4v) is 5.95. The first-order valence-corrected chi connectivity index (χ1v) is 10.4. The highest BCUT2D eigenvalue weighted by Gasteiger charge is 2.44. The molecule has 10 heteroatoms. The number of carbonyl (C=O) groups is 1. The number of fused-ring (bicyclic) bond motifs is 2. The Morgan fingerprint density at radius 3 is 2.65 bits per heavy atom. The quantitative estimate of drug-likeness (QED) is 0.857. The smallest absolute Gasteiger partial charge is 0.321 e. The largest absolute Gasteiger partial charge is 0.323 e. The molecule has 7 nitrogen and oxygen atoms in total. The van der Waals surface area contributed by atoms with E-state index in [0.29, 0.717) is 32.4 Å². The highest BCUT2D eigenvalue weighted by atomic mass is 32.2. The number of anilines is 1. The average molecular weight is 390 g/mol. The minimum atomic E-state index is -3.19. The van der Waals surface area contributed by atoms with Gasteiger partial charge in [0, 0.05) is 25.8 Å². The molecule has 26 heavy (non-hydrogen) atoms. The van der Waals surface area contributed by atoms with Crippen molar-refractivity contribution >= 4 is 21.6 Å². The van der Waals surface area contributed by atoms with Crippen LogP contribution >= 0.6 is 0 Å². The number of urea groups is 1. The topological polar surface area (TPSA) is 84.3 Å². The van der Waals surface area contributed by atoms with Crippen molar-refractivity contribution in [3.05, 3.63) is 11.9 Å². The van der Waals surface area contributed by atoms with Crippen molar-refractivity contribution in [2.45, 2.75) is 56.6 Å². The molecule has 2 saturated heterocycles. The second-order valence-electron chi connectivity index (χ2n) is 7.42. The highest BCUT2D eigenvalue weighted by molar-refractivity contribution is 7.93. The molecule has 0 saturated carbocycles. The number of carbonyl (C=O) groups excluding carboxylic acids is 1. The number of alkyl halides is 2. The van der Waals surface area contributed by atoms with Gasteiger partial charge in [0.25, 0.3) is 6.43 Å². The lowest BCUT2D eigenvalue weighted by atomic mass is 10.1. The van der Waals surface area contributed by atoms with E-state index >= 15 is 0 Å². The fraction of sp³-hybridized carbons (Fsp3) is 0.750. The van der Waals surface area contributed by atoms with Gasteiger partial charge in [-0.05, 0) is 25.2 Å². The summed E-state index contributed by atoms with van der Waals surface area (Å²) in [6.07, 6.45) is 0.172. The first-order chi connectivity index (χ1) is 12.2. The van der Waals surface area contributed by atoms with Crippen LogP contribution in [0.1, 0.15) is 45.2 Å². The third-order valence-electron chi connectivity index (χ3n) is 4.96. The van der Waals surface area contributed by atoms with Crippen LogP contribution in [0.15, 0.2) is 6.20 Å². The summed E-state index contributed by atoms with van der Waals surface area (Å²) in [4.78, 5) is 14.0. The van der Waals surface area contributed by atoms with E-state index < -0.39 is 38.5 Å². The van der Waals surface area contributed by atoms with E-state index in [1.54, 1.807) is 0 Å². The van der Waals surface area contributed by atoms with E-state index in [9.17, 15) is 22.0 Å². The van der Waals surface area contributed by atoms with Crippen molar-refractivity contribution in [2.24, 2.45) is 5.92 Å². The minimum Gasteiger partial charge on any atom is -0.323 e. The first-order valence-electron chi connectivity index (χ1n) is 8.82. The molecule has 3 heterocycles. The number of nitrogens with one attached hydrogen (secondary N) is 1. The van der Waals surface area contributed by atoms with Crippen molar-refractivity contribution in [3.63, 3.8) is 0 Å². The SMILES string of the molecule is CC(C)Cn1cc(NC(=O)N2CCC3CCC(C2)S3(=O)=O)c(C(F)F)n1. The predicted molar refractivity (Wildman–Crippen MR) is 93.0 cm³/mol. The molecule has 1 aromatic heterocycles. The number of aromatic nitrogens is 2. The standard InChI is InChI=1S/C16H24F2N4O3S/c1-10(2)7-22-9-13(14(20-22)15(17)18)19-16(23)21-6-5-11-3-4-12(8-21)26(11,24)25/h9-12,15H,3-8H2,1-2H3,(H,19,23). The van der Waals surface area contributed by atoms with Gasteiger partial charge in [0.15, 0.2) is 15.5 Å². The Balaban J connectivity index is 1.74. The Kier molecular flexibility index (Phi) is 5.23. The summed E-state index contributed by atoms with van der Waals surface area (Å²) < 4.78 is 52.5. The maximum absolute atomic E-state index is 13.2. The minimum absolute atomic E-state index is 0.0251. The number of halogens is 2. The molecule has 0 aliphatic carbocycles. The Morgan fingerprint density at radius 2 is 2.00 bits per heavy atom. The maximum Gasteiger partial charge on any atom is 0.321 e. The molecule has 1 N–H and O–H groups in total. The van der Waals surface area contributed by atoms with Gasteiger partial charge in [0.1, 0.15) is 0 Å². The molecule has 0 spiro atoms. The van der Waals surface area contributed by atoms with Crippen LogP contribution in [0, 0.1) is 5.92 Å². The number of amides is 2. The van der Waals surface area contributed by atoms with Gasteiger partial charge < -0.3 is 10.2 Å². The van der Waals surface area contributed by atoms with Gasteiger partial charge in [-0.15, -0.1) is 0 Å². The van der Waals surface area contributed by atoms with Crippen LogP contribution in [0.3, 0.4) is 0 Å². The van der Waals surface area contributed by atoms with Gasteiger partial charge in [0.05, 0.1) is 16.2 Å². The summed E-state index contributed by atoms with van der Waals surface area (Å²) in [5.41, 5.74) is -0.495. The molecular formula is C16H24F2N4O3S. The van der Waals surface area contributed by atoms with Crippen LogP contribution in [-0.2, 0) is 16.4 Å². The Labute approximate surface area is 151 Å². The van der Waals surface area contributed by atoms with Gasteiger partial charge in [-0.3, -0.25) is 4.68 Å². The van der Waals surface area contributed by atoms with Crippen LogP contribution < -0.4 is 5.32 Å². The lowest BCUT2D eigenvalue weighted by molar-refractivity contribution is 0.145. The number of hydrogen-bond acceptors (Lipinski definition) is 4. The van der Waals surface area contributed by atoms with Crippen LogP contribution in [-0.4, -0.2) is 52.7 Å². The van der Waals surface area contributed by atoms with Crippen molar-refractivity contribution in [3.8, 4) is 0 Å². The predicted octanol–water partition coefficient (Wildman–Crippen LogP) is 2.66. The summed E-state index contributed by atoms with van der Waals surface area (Å²) in [5, 5.41) is 5.41. The summed E-state index contributed by atoms with van der Waals surface area (Å²) in [6, 6.07) is -0.557. The van der Waals surface area contributed by atoms with E-state index in [1.165, 1.54) is 15.8 Å². The molecule has 2 amide bonds. The van der Waals surface area contributed by atoms with Crippen LogP contribution in [0.25, 0.3) is 0 Å². The summed E-state index contributed by atoms with van der Waals surface area (Å²) in [7, 11) is -3.19. The van der Waals surface area contributed by atoms with Gasteiger partial charge in [-0.1, -0.05) is 13.8 Å². The van der Waals surface area contributed by atoms with Crippen LogP contribution in [0.4, 0.5) is 19.3 Å². The molecule has 2 fully saturated rings.